The van der Waals surface area contributed by atoms with E-state index in [1.54, 1.807) is 4.68 Å². The third-order valence-corrected chi connectivity index (χ3v) is 4.09. The molecule has 1 N–H and O–H groups in total. The maximum absolute atomic E-state index is 10.8. The minimum absolute atomic E-state index is 0.261. The molecule has 1 fully saturated rings. The van der Waals surface area contributed by atoms with Gasteiger partial charge in [-0.15, -0.1) is 5.10 Å². The van der Waals surface area contributed by atoms with E-state index in [1.165, 1.54) is 5.56 Å². The maximum Gasteiger partial charge on any atom is 0.124 e. The number of aliphatic hydroxyl groups is 1. The molecule has 2 heterocycles. The summed E-state index contributed by atoms with van der Waals surface area (Å²) in [5.41, 5.74) is 1.08. The number of rotatable bonds is 4. The maximum atomic E-state index is 10.8. The monoisotopic (exact) mass is 286 g/mol. The minimum Gasteiger partial charge on any atom is -0.382 e. The van der Waals surface area contributed by atoms with Gasteiger partial charge in [0.2, 0.25) is 0 Å². The summed E-state index contributed by atoms with van der Waals surface area (Å²) in [5.74, 6) is 0. The van der Waals surface area contributed by atoms with E-state index in [4.69, 9.17) is 0 Å². The van der Waals surface area contributed by atoms with Gasteiger partial charge in [-0.25, -0.2) is 4.68 Å². The van der Waals surface area contributed by atoms with Gasteiger partial charge in [-0.2, -0.15) is 0 Å². The molecule has 1 atom stereocenters. The summed E-state index contributed by atoms with van der Waals surface area (Å²) in [7, 11) is 0. The van der Waals surface area contributed by atoms with Gasteiger partial charge in [0.1, 0.15) is 11.3 Å². The molecular formula is C16H22N4O. The SMILES string of the molecule is CC(C)n1cc([C@@]2(O)CCN(Cc3ccccc3)C2)nn1. The Bertz CT molecular complexity index is 595. The summed E-state index contributed by atoms with van der Waals surface area (Å²) in [4.78, 5) is 2.27. The summed E-state index contributed by atoms with van der Waals surface area (Å²) >= 11 is 0. The van der Waals surface area contributed by atoms with E-state index < -0.39 is 5.60 Å². The molecule has 0 spiro atoms. The Labute approximate surface area is 125 Å². The molecule has 3 rings (SSSR count). The number of benzene rings is 1. The number of hydrogen-bond acceptors (Lipinski definition) is 4. The van der Waals surface area contributed by atoms with Crippen LogP contribution < -0.4 is 0 Å². The third-order valence-electron chi connectivity index (χ3n) is 4.09. The van der Waals surface area contributed by atoms with Crippen LogP contribution in [0.3, 0.4) is 0 Å². The smallest absolute Gasteiger partial charge is 0.124 e. The van der Waals surface area contributed by atoms with Crippen molar-refractivity contribution in [1.82, 2.24) is 19.9 Å². The molecule has 5 heteroatoms. The zero-order chi connectivity index (χ0) is 14.9. The second-order valence-electron chi connectivity index (χ2n) is 6.16. The van der Waals surface area contributed by atoms with Gasteiger partial charge < -0.3 is 5.11 Å². The van der Waals surface area contributed by atoms with Crippen LogP contribution in [-0.2, 0) is 12.1 Å². The normalized spacial score (nSPS) is 23.0. The predicted molar refractivity (Wildman–Crippen MR) is 80.6 cm³/mol. The number of aromatic nitrogens is 3. The van der Waals surface area contributed by atoms with E-state index >= 15 is 0 Å². The highest BCUT2D eigenvalue weighted by molar-refractivity contribution is 5.16. The van der Waals surface area contributed by atoms with Crippen LogP contribution in [0.25, 0.3) is 0 Å². The first kappa shape index (κ1) is 14.2. The van der Waals surface area contributed by atoms with E-state index in [0.717, 1.165) is 13.1 Å². The van der Waals surface area contributed by atoms with E-state index in [-0.39, 0.29) is 6.04 Å². The lowest BCUT2D eigenvalue weighted by atomic mass is 10.00. The molecule has 2 aromatic rings. The molecule has 0 unspecified atom stereocenters. The summed E-state index contributed by atoms with van der Waals surface area (Å²) in [6.45, 7) is 6.46. The zero-order valence-corrected chi connectivity index (χ0v) is 12.6. The highest BCUT2D eigenvalue weighted by Gasteiger charge is 2.40. The quantitative estimate of drug-likeness (QED) is 0.933. The summed E-state index contributed by atoms with van der Waals surface area (Å²) in [5, 5.41) is 19.1. The molecule has 112 valence electrons. The number of likely N-dealkylation sites (tertiary alicyclic amines) is 1. The first-order valence-electron chi connectivity index (χ1n) is 7.48. The fourth-order valence-corrected chi connectivity index (χ4v) is 2.80. The summed E-state index contributed by atoms with van der Waals surface area (Å²) < 4.78 is 1.80. The topological polar surface area (TPSA) is 54.2 Å². The van der Waals surface area contributed by atoms with Crippen LogP contribution in [0.15, 0.2) is 36.5 Å². The average molecular weight is 286 g/mol. The van der Waals surface area contributed by atoms with Crippen molar-refractivity contribution in [2.24, 2.45) is 0 Å². The molecule has 0 bridgehead atoms. The van der Waals surface area contributed by atoms with Crippen LogP contribution in [0, 0.1) is 0 Å². The van der Waals surface area contributed by atoms with Gasteiger partial charge in [-0.05, 0) is 25.8 Å². The standard InChI is InChI=1S/C16H22N4O/c1-13(2)20-11-15(17-18-20)16(21)8-9-19(12-16)10-14-6-4-3-5-7-14/h3-7,11,13,21H,8-10,12H2,1-2H3/t16-/m1/s1. The lowest BCUT2D eigenvalue weighted by Gasteiger charge is -2.21. The fraction of sp³-hybridized carbons (Fsp3) is 0.500. The highest BCUT2D eigenvalue weighted by atomic mass is 16.3. The van der Waals surface area contributed by atoms with Crippen LogP contribution in [0.5, 0.6) is 0 Å². The van der Waals surface area contributed by atoms with Crippen molar-refractivity contribution in [3.05, 3.63) is 47.8 Å². The molecule has 1 aliphatic heterocycles. The van der Waals surface area contributed by atoms with Gasteiger partial charge in [-0.3, -0.25) is 4.90 Å². The Morgan fingerprint density at radius 2 is 2.05 bits per heavy atom. The van der Waals surface area contributed by atoms with E-state index in [9.17, 15) is 5.11 Å². The van der Waals surface area contributed by atoms with Gasteiger partial charge in [0.25, 0.3) is 0 Å². The average Bonchev–Trinajstić information content (AvgIpc) is 3.08. The molecular weight excluding hydrogens is 264 g/mol. The predicted octanol–water partition coefficient (Wildman–Crippen LogP) is 1.95. The molecule has 1 aromatic heterocycles. The van der Waals surface area contributed by atoms with Crippen molar-refractivity contribution >= 4 is 0 Å². The number of hydrogen-bond donors (Lipinski definition) is 1. The number of β-amino-alcohol motifs (C(OH)–C–C–N with tert-alkyl or cyclic N) is 1. The molecule has 1 saturated heterocycles. The molecule has 0 saturated carbocycles. The summed E-state index contributed by atoms with van der Waals surface area (Å²) in [6, 6.07) is 10.6. The van der Waals surface area contributed by atoms with Crippen LogP contribution in [0.2, 0.25) is 0 Å². The minimum atomic E-state index is -0.873. The van der Waals surface area contributed by atoms with Crippen molar-refractivity contribution in [1.29, 1.82) is 0 Å². The van der Waals surface area contributed by atoms with E-state index in [0.29, 0.717) is 18.7 Å². The lowest BCUT2D eigenvalue weighted by Crippen LogP contribution is -2.31. The molecule has 21 heavy (non-hydrogen) atoms. The van der Waals surface area contributed by atoms with Crippen molar-refractivity contribution in [2.45, 2.75) is 38.5 Å². The largest absolute Gasteiger partial charge is 0.382 e. The Kier molecular flexibility index (Phi) is 3.78. The number of nitrogens with zero attached hydrogens (tertiary/aromatic N) is 4. The van der Waals surface area contributed by atoms with E-state index in [2.05, 4.69) is 41.2 Å². The first-order chi connectivity index (χ1) is 10.1. The van der Waals surface area contributed by atoms with Crippen molar-refractivity contribution < 1.29 is 5.11 Å². The molecule has 0 aliphatic carbocycles. The van der Waals surface area contributed by atoms with Crippen LogP contribution in [0.4, 0.5) is 0 Å². The molecule has 5 nitrogen and oxygen atoms in total. The Balaban J connectivity index is 1.69. The second kappa shape index (κ2) is 5.58. The first-order valence-corrected chi connectivity index (χ1v) is 7.48. The lowest BCUT2D eigenvalue weighted by molar-refractivity contribution is 0.0408. The van der Waals surface area contributed by atoms with E-state index in [1.807, 2.05) is 24.4 Å². The Morgan fingerprint density at radius 3 is 2.71 bits per heavy atom. The van der Waals surface area contributed by atoms with Crippen molar-refractivity contribution in [3.63, 3.8) is 0 Å². The van der Waals surface area contributed by atoms with Crippen LogP contribution in [-0.4, -0.2) is 38.1 Å². The highest BCUT2D eigenvalue weighted by Crippen LogP contribution is 2.31. The second-order valence-corrected chi connectivity index (χ2v) is 6.16. The fourth-order valence-electron chi connectivity index (χ4n) is 2.80. The Morgan fingerprint density at radius 1 is 1.29 bits per heavy atom. The van der Waals surface area contributed by atoms with Gasteiger partial charge in [0, 0.05) is 25.7 Å². The van der Waals surface area contributed by atoms with Gasteiger partial charge in [0.15, 0.2) is 0 Å². The zero-order valence-electron chi connectivity index (χ0n) is 12.6. The van der Waals surface area contributed by atoms with Crippen molar-refractivity contribution in [3.8, 4) is 0 Å². The molecule has 1 aliphatic rings. The third kappa shape index (κ3) is 2.99. The van der Waals surface area contributed by atoms with Crippen LogP contribution >= 0.6 is 0 Å². The van der Waals surface area contributed by atoms with Gasteiger partial charge in [0.05, 0.1) is 6.20 Å². The van der Waals surface area contributed by atoms with Gasteiger partial charge >= 0.3 is 0 Å². The van der Waals surface area contributed by atoms with Crippen LogP contribution in [0.1, 0.15) is 37.6 Å². The molecule has 0 amide bonds. The molecule has 1 aromatic carbocycles. The van der Waals surface area contributed by atoms with Gasteiger partial charge in [-0.1, -0.05) is 35.5 Å². The Hall–Kier alpha value is -1.72. The molecule has 0 radical (unpaired) electrons. The van der Waals surface area contributed by atoms with Crippen molar-refractivity contribution in [2.75, 3.05) is 13.1 Å². The summed E-state index contributed by atoms with van der Waals surface area (Å²) in [6.07, 6.45) is 2.58.